The summed E-state index contributed by atoms with van der Waals surface area (Å²) < 4.78 is 0. The quantitative estimate of drug-likeness (QED) is 0.406. The average Bonchev–Trinajstić information content (AvgIpc) is 2.84. The predicted octanol–water partition coefficient (Wildman–Crippen LogP) is 8.33. The third-order valence-corrected chi connectivity index (χ3v) is 11.9. The highest BCUT2D eigenvalue weighted by Gasteiger charge is 2.25. The third kappa shape index (κ3) is 6.10. The van der Waals surface area contributed by atoms with Crippen molar-refractivity contribution in [2.75, 3.05) is 0 Å². The van der Waals surface area contributed by atoms with Gasteiger partial charge in [0.25, 0.3) is 0 Å². The van der Waals surface area contributed by atoms with E-state index in [4.69, 9.17) is 5.26 Å². The van der Waals surface area contributed by atoms with Gasteiger partial charge in [-0.2, -0.15) is 5.26 Å². The Hall–Kier alpha value is -1.85. The second kappa shape index (κ2) is 11.1. The van der Waals surface area contributed by atoms with Crippen LogP contribution >= 0.6 is 0 Å². The van der Waals surface area contributed by atoms with Gasteiger partial charge in [0.05, 0.1) is 11.6 Å². The Kier molecular flexibility index (Phi) is 8.03. The van der Waals surface area contributed by atoms with Gasteiger partial charge in [-0.05, 0) is 72.3 Å². The highest BCUT2D eigenvalue weighted by atomic mass is 28.3. The zero-order valence-electron chi connectivity index (χ0n) is 19.4. The number of nitriles is 1. The molecule has 0 spiro atoms. The standard InChI is InChI=1S/C29H39NSi/c1-2-19-31-20-17-24(18-21-31)4-3-23-5-9-26(10-6-23)28-13-15-29(16-14-28)27-11-7-25(22-30)8-12-27/h7-8,11-16,23-24,26,31H,2-6,9-10,17-21H2,1H3/t23-,24?,26-,31?. The van der Waals surface area contributed by atoms with Gasteiger partial charge in [-0.15, -0.1) is 0 Å². The maximum absolute atomic E-state index is 8.98. The van der Waals surface area contributed by atoms with Crippen molar-refractivity contribution in [2.45, 2.75) is 88.8 Å². The summed E-state index contributed by atoms with van der Waals surface area (Å²) in [5, 5.41) is 8.98. The Labute approximate surface area is 191 Å². The molecule has 2 aromatic carbocycles. The summed E-state index contributed by atoms with van der Waals surface area (Å²) in [5.74, 6) is 2.80. The zero-order valence-corrected chi connectivity index (χ0v) is 20.5. The number of hydrogen-bond donors (Lipinski definition) is 0. The van der Waals surface area contributed by atoms with Crippen molar-refractivity contribution in [3.63, 3.8) is 0 Å². The number of rotatable bonds is 7. The number of hydrogen-bond acceptors (Lipinski definition) is 1. The van der Waals surface area contributed by atoms with Crippen LogP contribution in [0.25, 0.3) is 11.1 Å². The van der Waals surface area contributed by atoms with Gasteiger partial charge in [0.2, 0.25) is 0 Å². The normalized spacial score (nSPS) is 26.3. The summed E-state index contributed by atoms with van der Waals surface area (Å²) in [6, 6.07) is 24.2. The van der Waals surface area contributed by atoms with E-state index in [0.717, 1.165) is 23.3 Å². The highest BCUT2D eigenvalue weighted by molar-refractivity contribution is 6.58. The Balaban J connectivity index is 1.21. The smallest absolute Gasteiger partial charge is 0.0991 e. The van der Waals surface area contributed by atoms with Gasteiger partial charge < -0.3 is 0 Å². The van der Waals surface area contributed by atoms with Crippen LogP contribution in [-0.4, -0.2) is 8.80 Å². The monoisotopic (exact) mass is 429 g/mol. The van der Waals surface area contributed by atoms with Crippen molar-refractivity contribution in [1.82, 2.24) is 0 Å². The molecule has 1 aliphatic carbocycles. The van der Waals surface area contributed by atoms with Crippen molar-refractivity contribution >= 4 is 8.80 Å². The van der Waals surface area contributed by atoms with Gasteiger partial charge in [-0.25, -0.2) is 0 Å². The predicted molar refractivity (Wildman–Crippen MR) is 135 cm³/mol. The molecule has 0 atom stereocenters. The minimum absolute atomic E-state index is 0.308. The van der Waals surface area contributed by atoms with Crippen molar-refractivity contribution in [3.05, 3.63) is 59.7 Å². The Morgan fingerprint density at radius 1 is 0.774 bits per heavy atom. The maximum Gasteiger partial charge on any atom is 0.0991 e. The summed E-state index contributed by atoms with van der Waals surface area (Å²) >= 11 is 0. The SMILES string of the molecule is CCC[SiH]1CCC(CC[C@H]2CC[C@H](c3ccc(-c4ccc(C#N)cc4)cc3)CC2)CC1. The lowest BCUT2D eigenvalue weighted by atomic mass is 9.76. The van der Waals surface area contributed by atoms with Crippen molar-refractivity contribution in [2.24, 2.45) is 11.8 Å². The molecule has 1 nitrogen and oxygen atoms in total. The third-order valence-electron chi connectivity index (χ3n) is 8.22. The Bertz CT molecular complexity index is 832. The molecule has 2 heteroatoms. The molecule has 0 N–H and O–H groups in total. The summed E-state index contributed by atoms with van der Waals surface area (Å²) in [6.45, 7) is 2.37. The lowest BCUT2D eigenvalue weighted by Gasteiger charge is -2.32. The summed E-state index contributed by atoms with van der Waals surface area (Å²) in [4.78, 5) is 0. The molecular formula is C29H39NSi. The van der Waals surface area contributed by atoms with Crippen LogP contribution in [0, 0.1) is 23.2 Å². The fourth-order valence-corrected chi connectivity index (χ4v) is 9.73. The molecule has 2 aromatic rings. The molecule has 2 fully saturated rings. The molecule has 0 unspecified atom stereocenters. The summed E-state index contributed by atoms with van der Waals surface area (Å²) in [7, 11) is -0.308. The molecule has 0 aromatic heterocycles. The largest absolute Gasteiger partial charge is 0.192 e. The molecule has 0 bridgehead atoms. The van der Waals surface area contributed by atoms with Crippen molar-refractivity contribution in [1.29, 1.82) is 5.26 Å². The molecule has 2 aliphatic rings. The first-order valence-corrected chi connectivity index (χ1v) is 15.3. The molecular weight excluding hydrogens is 390 g/mol. The first kappa shape index (κ1) is 22.3. The molecule has 1 heterocycles. The van der Waals surface area contributed by atoms with E-state index in [-0.39, 0.29) is 8.80 Å². The minimum Gasteiger partial charge on any atom is -0.192 e. The van der Waals surface area contributed by atoms with Crippen LogP contribution in [0.15, 0.2) is 48.5 Å². The van der Waals surface area contributed by atoms with Gasteiger partial charge in [0.1, 0.15) is 0 Å². The number of nitrogens with zero attached hydrogens (tertiary/aromatic N) is 1. The molecule has 1 saturated carbocycles. The molecule has 0 radical (unpaired) electrons. The van der Waals surface area contributed by atoms with Crippen LogP contribution in [-0.2, 0) is 0 Å². The molecule has 1 aliphatic heterocycles. The lowest BCUT2D eigenvalue weighted by molar-refractivity contribution is 0.280. The fourth-order valence-electron chi connectivity index (χ4n) is 6.16. The van der Waals surface area contributed by atoms with E-state index >= 15 is 0 Å². The van der Waals surface area contributed by atoms with Gasteiger partial charge in [0, 0.05) is 8.80 Å². The Morgan fingerprint density at radius 3 is 1.87 bits per heavy atom. The lowest BCUT2D eigenvalue weighted by Crippen LogP contribution is -2.22. The van der Waals surface area contributed by atoms with E-state index in [9.17, 15) is 0 Å². The van der Waals surface area contributed by atoms with Crippen molar-refractivity contribution in [3.8, 4) is 17.2 Å². The summed E-state index contributed by atoms with van der Waals surface area (Å²) in [5.41, 5.74) is 4.69. The second-order valence-corrected chi connectivity index (χ2v) is 13.7. The second-order valence-electron chi connectivity index (χ2n) is 10.3. The first-order chi connectivity index (χ1) is 15.2. The fraction of sp³-hybridized carbons (Fsp3) is 0.552. The van der Waals surface area contributed by atoms with Gasteiger partial charge in [-0.3, -0.25) is 0 Å². The van der Waals surface area contributed by atoms with Gasteiger partial charge in [0.15, 0.2) is 0 Å². The van der Waals surface area contributed by atoms with Crippen LogP contribution in [0.3, 0.4) is 0 Å². The van der Waals surface area contributed by atoms with Crippen LogP contribution < -0.4 is 0 Å². The van der Waals surface area contributed by atoms with E-state index in [1.54, 1.807) is 31.0 Å². The average molecular weight is 430 g/mol. The van der Waals surface area contributed by atoms with Crippen LogP contribution in [0.2, 0.25) is 18.1 Å². The first-order valence-electron chi connectivity index (χ1n) is 12.9. The zero-order chi connectivity index (χ0) is 21.5. The van der Waals surface area contributed by atoms with Crippen LogP contribution in [0.5, 0.6) is 0 Å². The van der Waals surface area contributed by atoms with E-state index < -0.39 is 0 Å². The Morgan fingerprint density at radius 2 is 1.32 bits per heavy atom. The van der Waals surface area contributed by atoms with Crippen molar-refractivity contribution < 1.29 is 0 Å². The van der Waals surface area contributed by atoms with Crippen LogP contribution in [0.1, 0.15) is 81.8 Å². The molecule has 31 heavy (non-hydrogen) atoms. The molecule has 164 valence electrons. The highest BCUT2D eigenvalue weighted by Crippen LogP contribution is 2.40. The van der Waals surface area contributed by atoms with E-state index in [1.807, 2.05) is 12.1 Å². The minimum atomic E-state index is -0.308. The van der Waals surface area contributed by atoms with E-state index in [2.05, 4.69) is 49.4 Å². The van der Waals surface area contributed by atoms with E-state index in [0.29, 0.717) is 0 Å². The molecule has 0 amide bonds. The van der Waals surface area contributed by atoms with Gasteiger partial charge in [-0.1, -0.05) is 93.6 Å². The number of benzene rings is 2. The topological polar surface area (TPSA) is 23.8 Å². The molecule has 1 saturated heterocycles. The van der Waals surface area contributed by atoms with Gasteiger partial charge >= 0.3 is 0 Å². The van der Waals surface area contributed by atoms with Crippen LogP contribution in [0.4, 0.5) is 0 Å². The van der Waals surface area contributed by atoms with E-state index in [1.165, 1.54) is 61.6 Å². The maximum atomic E-state index is 8.98. The summed E-state index contributed by atoms with van der Waals surface area (Å²) in [6.07, 6.45) is 13.2. The molecule has 4 rings (SSSR count).